The second kappa shape index (κ2) is 5.46. The van der Waals surface area contributed by atoms with Crippen molar-refractivity contribution in [1.82, 2.24) is 5.32 Å². The third-order valence-electron chi connectivity index (χ3n) is 3.61. The van der Waals surface area contributed by atoms with Crippen molar-refractivity contribution in [1.29, 1.82) is 0 Å². The molecule has 1 aromatic carbocycles. The van der Waals surface area contributed by atoms with Crippen LogP contribution in [-0.2, 0) is 6.42 Å². The van der Waals surface area contributed by atoms with Gasteiger partial charge < -0.3 is 5.32 Å². The van der Waals surface area contributed by atoms with Crippen LogP contribution in [0.5, 0.6) is 0 Å². The van der Waals surface area contributed by atoms with E-state index in [0.29, 0.717) is 11.8 Å². The Morgan fingerprint density at radius 1 is 1.47 bits per heavy atom. The van der Waals surface area contributed by atoms with Gasteiger partial charge in [-0.1, -0.05) is 31.5 Å². The van der Waals surface area contributed by atoms with Gasteiger partial charge in [0.1, 0.15) is 0 Å². The molecule has 1 aromatic rings. The molecular formula is C15H21NO. The van der Waals surface area contributed by atoms with Crippen LogP contribution in [0.3, 0.4) is 0 Å². The number of carbonyl (C=O) groups excluding carboxylic acids is 1. The van der Waals surface area contributed by atoms with E-state index in [0.717, 1.165) is 31.4 Å². The van der Waals surface area contributed by atoms with Gasteiger partial charge in [0, 0.05) is 17.5 Å². The van der Waals surface area contributed by atoms with E-state index in [4.69, 9.17) is 0 Å². The molecule has 2 atom stereocenters. The predicted molar refractivity (Wildman–Crippen MR) is 70.3 cm³/mol. The van der Waals surface area contributed by atoms with Crippen molar-refractivity contribution in [3.05, 3.63) is 35.4 Å². The molecule has 92 valence electrons. The molecule has 0 spiro atoms. The Morgan fingerprint density at radius 2 is 2.29 bits per heavy atom. The summed E-state index contributed by atoms with van der Waals surface area (Å²) in [5.41, 5.74) is 2.16. The highest BCUT2D eigenvalue weighted by atomic mass is 16.1. The van der Waals surface area contributed by atoms with Gasteiger partial charge in [-0.3, -0.25) is 4.79 Å². The fourth-order valence-electron chi connectivity index (χ4n) is 2.60. The Balaban J connectivity index is 2.15. The first-order chi connectivity index (χ1) is 8.22. The van der Waals surface area contributed by atoms with E-state index in [-0.39, 0.29) is 5.92 Å². The number of hydrogen-bond acceptors (Lipinski definition) is 2. The van der Waals surface area contributed by atoms with Crippen LogP contribution < -0.4 is 5.32 Å². The lowest BCUT2D eigenvalue weighted by molar-refractivity contribution is 0.0914. The Morgan fingerprint density at radius 3 is 2.94 bits per heavy atom. The summed E-state index contributed by atoms with van der Waals surface area (Å²) < 4.78 is 0. The quantitative estimate of drug-likeness (QED) is 0.807. The number of ketones is 1. The summed E-state index contributed by atoms with van der Waals surface area (Å²) in [5.74, 6) is 0.465. The maximum atomic E-state index is 12.4. The Labute approximate surface area is 103 Å². The third kappa shape index (κ3) is 2.75. The number of carbonyl (C=O) groups is 1. The minimum atomic E-state index is 0.159. The molecule has 2 unspecified atom stereocenters. The Kier molecular flexibility index (Phi) is 3.95. The maximum Gasteiger partial charge on any atom is 0.167 e. The van der Waals surface area contributed by atoms with Gasteiger partial charge in [0.05, 0.1) is 0 Å². The van der Waals surface area contributed by atoms with Crippen molar-refractivity contribution in [3.63, 3.8) is 0 Å². The van der Waals surface area contributed by atoms with Crippen molar-refractivity contribution >= 4 is 5.78 Å². The molecule has 0 aromatic heterocycles. The first-order valence-corrected chi connectivity index (χ1v) is 6.59. The Hall–Kier alpha value is -1.15. The normalized spacial score (nSPS) is 23.9. The zero-order valence-electron chi connectivity index (χ0n) is 10.7. The Bertz CT molecular complexity index is 400. The van der Waals surface area contributed by atoms with Crippen LogP contribution in [0.25, 0.3) is 0 Å². The zero-order chi connectivity index (χ0) is 12.3. The van der Waals surface area contributed by atoms with Crippen LogP contribution in [0, 0.1) is 5.92 Å². The van der Waals surface area contributed by atoms with E-state index in [1.54, 1.807) is 0 Å². The molecule has 17 heavy (non-hydrogen) atoms. The molecule has 1 saturated heterocycles. The van der Waals surface area contributed by atoms with Crippen LogP contribution in [0.1, 0.15) is 42.6 Å². The summed E-state index contributed by atoms with van der Waals surface area (Å²) in [4.78, 5) is 12.4. The standard InChI is InChI=1S/C15H21NO/c1-3-5-12-6-4-7-13(10-12)15(17)14-8-9-16-11(14)2/h4,6-7,10-11,14,16H,3,5,8-9H2,1-2H3. The number of hydrogen-bond donors (Lipinski definition) is 1. The molecule has 0 aliphatic carbocycles. The molecule has 1 heterocycles. The lowest BCUT2D eigenvalue weighted by Crippen LogP contribution is -2.28. The van der Waals surface area contributed by atoms with Crippen molar-refractivity contribution in [2.45, 2.75) is 39.2 Å². The summed E-state index contributed by atoms with van der Waals surface area (Å²) >= 11 is 0. The van der Waals surface area contributed by atoms with E-state index in [9.17, 15) is 4.79 Å². The van der Waals surface area contributed by atoms with Gasteiger partial charge >= 0.3 is 0 Å². The maximum absolute atomic E-state index is 12.4. The monoisotopic (exact) mass is 231 g/mol. The molecule has 0 radical (unpaired) electrons. The van der Waals surface area contributed by atoms with Crippen molar-refractivity contribution in [3.8, 4) is 0 Å². The summed E-state index contributed by atoms with van der Waals surface area (Å²) in [7, 11) is 0. The molecule has 0 saturated carbocycles. The lowest BCUT2D eigenvalue weighted by atomic mass is 9.91. The third-order valence-corrected chi connectivity index (χ3v) is 3.61. The van der Waals surface area contributed by atoms with Crippen LogP contribution >= 0.6 is 0 Å². The van der Waals surface area contributed by atoms with E-state index in [1.807, 2.05) is 12.1 Å². The van der Waals surface area contributed by atoms with Crippen molar-refractivity contribution in [2.24, 2.45) is 5.92 Å². The predicted octanol–water partition coefficient (Wildman–Crippen LogP) is 2.82. The smallest absolute Gasteiger partial charge is 0.167 e. The van der Waals surface area contributed by atoms with Crippen LogP contribution in [0.4, 0.5) is 0 Å². The highest BCUT2D eigenvalue weighted by Crippen LogP contribution is 2.21. The molecule has 1 fully saturated rings. The number of aryl methyl sites for hydroxylation is 1. The summed E-state index contributed by atoms with van der Waals surface area (Å²) in [6, 6.07) is 8.45. The van der Waals surface area contributed by atoms with E-state index in [2.05, 4.69) is 31.3 Å². The highest BCUT2D eigenvalue weighted by Gasteiger charge is 2.29. The van der Waals surface area contributed by atoms with Gasteiger partial charge in [-0.15, -0.1) is 0 Å². The highest BCUT2D eigenvalue weighted by molar-refractivity contribution is 5.98. The van der Waals surface area contributed by atoms with Gasteiger partial charge in [0.15, 0.2) is 5.78 Å². The minimum Gasteiger partial charge on any atom is -0.313 e. The lowest BCUT2D eigenvalue weighted by Gasteiger charge is -2.14. The summed E-state index contributed by atoms with van der Waals surface area (Å²) in [6.45, 7) is 5.23. The largest absolute Gasteiger partial charge is 0.313 e. The van der Waals surface area contributed by atoms with Gasteiger partial charge in [-0.2, -0.15) is 0 Å². The van der Waals surface area contributed by atoms with E-state index in [1.165, 1.54) is 5.56 Å². The van der Waals surface area contributed by atoms with Gasteiger partial charge in [0.2, 0.25) is 0 Å². The average Bonchev–Trinajstić information content (AvgIpc) is 2.75. The first kappa shape index (κ1) is 12.3. The first-order valence-electron chi connectivity index (χ1n) is 6.59. The summed E-state index contributed by atoms with van der Waals surface area (Å²) in [5, 5.41) is 3.34. The van der Waals surface area contributed by atoms with Gasteiger partial charge in [-0.05, 0) is 37.9 Å². The number of Topliss-reactive ketones (excluding diaryl/α,β-unsaturated/α-hetero) is 1. The van der Waals surface area contributed by atoms with Crippen molar-refractivity contribution < 1.29 is 4.79 Å². The van der Waals surface area contributed by atoms with Crippen LogP contribution in [0.2, 0.25) is 0 Å². The summed E-state index contributed by atoms with van der Waals surface area (Å²) in [6.07, 6.45) is 3.15. The second-order valence-electron chi connectivity index (χ2n) is 4.95. The topological polar surface area (TPSA) is 29.1 Å². The van der Waals surface area contributed by atoms with Gasteiger partial charge in [-0.25, -0.2) is 0 Å². The molecular weight excluding hydrogens is 210 g/mol. The average molecular weight is 231 g/mol. The molecule has 1 aliphatic rings. The number of benzene rings is 1. The van der Waals surface area contributed by atoms with Crippen molar-refractivity contribution in [2.75, 3.05) is 6.54 Å². The fourth-order valence-corrected chi connectivity index (χ4v) is 2.60. The molecule has 1 aliphatic heterocycles. The fraction of sp³-hybridized carbons (Fsp3) is 0.533. The molecule has 2 rings (SSSR count). The molecule has 0 amide bonds. The van der Waals surface area contributed by atoms with Gasteiger partial charge in [0.25, 0.3) is 0 Å². The molecule has 1 N–H and O–H groups in total. The van der Waals surface area contributed by atoms with E-state index < -0.39 is 0 Å². The SMILES string of the molecule is CCCc1cccc(C(=O)C2CCNC2C)c1. The molecule has 2 heteroatoms. The number of rotatable bonds is 4. The molecule has 2 nitrogen and oxygen atoms in total. The zero-order valence-corrected chi connectivity index (χ0v) is 10.7. The van der Waals surface area contributed by atoms with Crippen LogP contribution in [-0.4, -0.2) is 18.4 Å². The molecule has 0 bridgehead atoms. The van der Waals surface area contributed by atoms with E-state index >= 15 is 0 Å². The second-order valence-corrected chi connectivity index (χ2v) is 4.95. The number of nitrogens with one attached hydrogen (secondary N) is 1. The minimum absolute atomic E-state index is 0.159. The van der Waals surface area contributed by atoms with Crippen LogP contribution in [0.15, 0.2) is 24.3 Å².